The van der Waals surface area contributed by atoms with Gasteiger partial charge in [-0.15, -0.1) is 0 Å². The van der Waals surface area contributed by atoms with Gasteiger partial charge < -0.3 is 14.4 Å². The summed E-state index contributed by atoms with van der Waals surface area (Å²) in [5.74, 6) is 0.587. The predicted molar refractivity (Wildman–Crippen MR) is 121 cm³/mol. The highest BCUT2D eigenvalue weighted by Gasteiger charge is 2.28. The molecule has 1 saturated heterocycles. The summed E-state index contributed by atoms with van der Waals surface area (Å²) >= 11 is 5.87. The van der Waals surface area contributed by atoms with Gasteiger partial charge in [-0.1, -0.05) is 24.4 Å². The third kappa shape index (κ3) is 4.81. The molecule has 1 aliphatic heterocycles. The van der Waals surface area contributed by atoms with E-state index in [-0.39, 0.29) is 28.1 Å². The van der Waals surface area contributed by atoms with Crippen LogP contribution in [0.2, 0.25) is 5.02 Å². The lowest BCUT2D eigenvalue weighted by Crippen LogP contribution is -2.51. The molecular weight excluding hydrogens is 434 g/mol. The minimum Gasteiger partial charge on any atom is -0.493 e. The molecule has 0 aromatic heterocycles. The Balaban J connectivity index is 1.47. The number of carbonyl (C=O) groups is 1. The number of ether oxygens (including phenoxy) is 2. The summed E-state index contributed by atoms with van der Waals surface area (Å²) in [4.78, 5) is 28.2. The molecule has 0 bridgehead atoms. The SMILES string of the molecule is COc1cc(C(=O)N2CCN(C3CCCC3)CC2)ccc1Oc1ccc(Cl)cc1[N+](=O)[O-]. The van der Waals surface area contributed by atoms with Crippen molar-refractivity contribution in [2.45, 2.75) is 31.7 Å². The maximum atomic E-state index is 13.1. The summed E-state index contributed by atoms with van der Waals surface area (Å²) in [6.07, 6.45) is 5.13. The number of amides is 1. The zero-order chi connectivity index (χ0) is 22.7. The van der Waals surface area contributed by atoms with Gasteiger partial charge >= 0.3 is 5.69 Å². The van der Waals surface area contributed by atoms with Gasteiger partial charge in [-0.2, -0.15) is 0 Å². The van der Waals surface area contributed by atoms with Crippen LogP contribution in [0.25, 0.3) is 0 Å². The van der Waals surface area contributed by atoms with Crippen molar-refractivity contribution in [3.63, 3.8) is 0 Å². The van der Waals surface area contributed by atoms with E-state index in [1.807, 2.05) is 4.90 Å². The van der Waals surface area contributed by atoms with E-state index >= 15 is 0 Å². The lowest BCUT2D eigenvalue weighted by atomic mass is 10.1. The van der Waals surface area contributed by atoms with Crippen molar-refractivity contribution in [3.05, 3.63) is 57.1 Å². The van der Waals surface area contributed by atoms with Crippen LogP contribution in [0, 0.1) is 10.1 Å². The maximum Gasteiger partial charge on any atom is 0.313 e. The van der Waals surface area contributed by atoms with Crippen molar-refractivity contribution in [1.29, 1.82) is 0 Å². The Bertz CT molecular complexity index is 1000. The fraction of sp³-hybridized carbons (Fsp3) is 0.435. The molecule has 170 valence electrons. The van der Waals surface area contributed by atoms with E-state index in [1.54, 1.807) is 18.2 Å². The average Bonchev–Trinajstić information content (AvgIpc) is 3.35. The summed E-state index contributed by atoms with van der Waals surface area (Å²) in [7, 11) is 1.47. The number of hydrogen-bond acceptors (Lipinski definition) is 6. The summed E-state index contributed by atoms with van der Waals surface area (Å²) in [5.41, 5.74) is 0.244. The van der Waals surface area contributed by atoms with Gasteiger partial charge in [0.2, 0.25) is 5.75 Å². The van der Waals surface area contributed by atoms with E-state index in [2.05, 4.69) is 4.90 Å². The Kier molecular flexibility index (Phi) is 6.81. The van der Waals surface area contributed by atoms with Crippen molar-refractivity contribution < 1.29 is 19.2 Å². The molecule has 8 nitrogen and oxygen atoms in total. The number of benzene rings is 2. The van der Waals surface area contributed by atoms with Crippen LogP contribution in [0.3, 0.4) is 0 Å². The molecule has 1 saturated carbocycles. The molecule has 32 heavy (non-hydrogen) atoms. The average molecular weight is 460 g/mol. The van der Waals surface area contributed by atoms with Crippen LogP contribution in [-0.2, 0) is 0 Å². The van der Waals surface area contributed by atoms with Crippen LogP contribution in [0.4, 0.5) is 5.69 Å². The first-order valence-corrected chi connectivity index (χ1v) is 11.2. The summed E-state index contributed by atoms with van der Waals surface area (Å²) in [5, 5.41) is 11.6. The van der Waals surface area contributed by atoms with Gasteiger partial charge in [0, 0.05) is 48.9 Å². The van der Waals surface area contributed by atoms with Crippen molar-refractivity contribution in [2.75, 3.05) is 33.3 Å². The number of nitrogens with zero attached hydrogens (tertiary/aromatic N) is 3. The highest BCUT2D eigenvalue weighted by atomic mass is 35.5. The van der Waals surface area contributed by atoms with Crippen LogP contribution in [-0.4, -0.2) is 60.0 Å². The van der Waals surface area contributed by atoms with Crippen LogP contribution in [0.15, 0.2) is 36.4 Å². The number of hydrogen-bond donors (Lipinski definition) is 0. The number of nitro benzene ring substituents is 1. The Hall–Kier alpha value is -2.84. The lowest BCUT2D eigenvalue weighted by Gasteiger charge is -2.38. The van der Waals surface area contributed by atoms with E-state index in [0.717, 1.165) is 13.1 Å². The minimum atomic E-state index is -0.559. The predicted octanol–water partition coefficient (Wildman–Crippen LogP) is 4.75. The van der Waals surface area contributed by atoms with Crippen molar-refractivity contribution in [3.8, 4) is 17.2 Å². The molecule has 2 aliphatic rings. The van der Waals surface area contributed by atoms with Crippen LogP contribution < -0.4 is 9.47 Å². The molecule has 0 unspecified atom stereocenters. The second-order valence-electron chi connectivity index (χ2n) is 8.10. The van der Waals surface area contributed by atoms with Crippen molar-refractivity contribution in [2.24, 2.45) is 0 Å². The van der Waals surface area contributed by atoms with Crippen LogP contribution in [0.5, 0.6) is 17.2 Å². The van der Waals surface area contributed by atoms with Gasteiger partial charge in [0.15, 0.2) is 11.5 Å². The number of rotatable bonds is 6. The first-order valence-electron chi connectivity index (χ1n) is 10.8. The second-order valence-corrected chi connectivity index (χ2v) is 8.54. The zero-order valence-electron chi connectivity index (χ0n) is 18.0. The van der Waals surface area contributed by atoms with E-state index in [1.165, 1.54) is 51.0 Å². The molecule has 4 rings (SSSR count). The zero-order valence-corrected chi connectivity index (χ0v) is 18.7. The van der Waals surface area contributed by atoms with E-state index in [4.69, 9.17) is 21.1 Å². The quantitative estimate of drug-likeness (QED) is 0.457. The Morgan fingerprint density at radius 1 is 1.03 bits per heavy atom. The fourth-order valence-electron chi connectivity index (χ4n) is 4.47. The second kappa shape index (κ2) is 9.75. The number of methoxy groups -OCH3 is 1. The topological polar surface area (TPSA) is 85.2 Å². The summed E-state index contributed by atoms with van der Waals surface area (Å²) < 4.78 is 11.1. The molecule has 0 spiro atoms. The number of piperazine rings is 1. The minimum absolute atomic E-state index is 0.0415. The highest BCUT2D eigenvalue weighted by molar-refractivity contribution is 6.30. The standard InChI is InChI=1S/C23H26ClN3O5/c1-31-22-14-16(23(28)26-12-10-25(11-13-26)18-4-2-3-5-18)6-8-21(22)32-20-9-7-17(24)15-19(20)27(29)30/h6-9,14-15,18H,2-5,10-13H2,1H3. The van der Waals surface area contributed by atoms with Crippen LogP contribution >= 0.6 is 11.6 Å². The Morgan fingerprint density at radius 3 is 2.38 bits per heavy atom. The Labute approximate surface area is 191 Å². The van der Waals surface area contributed by atoms with E-state index in [0.29, 0.717) is 30.4 Å². The molecule has 0 N–H and O–H groups in total. The third-order valence-corrected chi connectivity index (χ3v) is 6.43. The number of halogens is 1. The maximum absolute atomic E-state index is 13.1. The molecule has 1 aliphatic carbocycles. The molecule has 1 amide bonds. The molecule has 2 aromatic rings. The normalized spacial score (nSPS) is 17.4. The van der Waals surface area contributed by atoms with Crippen molar-refractivity contribution in [1.82, 2.24) is 9.80 Å². The van der Waals surface area contributed by atoms with Gasteiger partial charge in [-0.25, -0.2) is 0 Å². The van der Waals surface area contributed by atoms with Gasteiger partial charge in [0.25, 0.3) is 5.91 Å². The van der Waals surface area contributed by atoms with Gasteiger partial charge in [0.05, 0.1) is 12.0 Å². The smallest absolute Gasteiger partial charge is 0.313 e. The summed E-state index contributed by atoms with van der Waals surface area (Å²) in [6, 6.07) is 9.71. The Morgan fingerprint density at radius 2 is 1.72 bits per heavy atom. The van der Waals surface area contributed by atoms with Gasteiger partial charge in [-0.3, -0.25) is 19.8 Å². The van der Waals surface area contributed by atoms with E-state index < -0.39 is 4.92 Å². The van der Waals surface area contributed by atoms with Gasteiger partial charge in [-0.05, 0) is 43.2 Å². The molecule has 1 heterocycles. The number of nitro groups is 1. The monoisotopic (exact) mass is 459 g/mol. The molecule has 0 radical (unpaired) electrons. The molecule has 0 atom stereocenters. The van der Waals surface area contributed by atoms with Crippen molar-refractivity contribution >= 4 is 23.2 Å². The third-order valence-electron chi connectivity index (χ3n) is 6.19. The first-order chi connectivity index (χ1) is 15.5. The molecule has 2 fully saturated rings. The lowest BCUT2D eigenvalue weighted by molar-refractivity contribution is -0.385. The highest BCUT2D eigenvalue weighted by Crippen LogP contribution is 2.38. The molecule has 2 aromatic carbocycles. The largest absolute Gasteiger partial charge is 0.493 e. The first kappa shape index (κ1) is 22.4. The molecular formula is C23H26ClN3O5. The fourth-order valence-corrected chi connectivity index (χ4v) is 4.63. The van der Waals surface area contributed by atoms with Crippen LogP contribution in [0.1, 0.15) is 36.0 Å². The van der Waals surface area contributed by atoms with E-state index in [9.17, 15) is 14.9 Å². The summed E-state index contributed by atoms with van der Waals surface area (Å²) in [6.45, 7) is 3.20. The number of carbonyl (C=O) groups excluding carboxylic acids is 1. The molecule has 9 heteroatoms. The van der Waals surface area contributed by atoms with Gasteiger partial charge in [0.1, 0.15) is 0 Å².